The van der Waals surface area contributed by atoms with Crippen LogP contribution in [0.5, 0.6) is 5.75 Å². The molecule has 5 nitrogen and oxygen atoms in total. The fourth-order valence-corrected chi connectivity index (χ4v) is 3.18. The van der Waals surface area contributed by atoms with Crippen molar-refractivity contribution in [1.29, 1.82) is 0 Å². The maximum atomic E-state index is 12.5. The summed E-state index contributed by atoms with van der Waals surface area (Å²) in [4.78, 5) is 28.2. The third kappa shape index (κ3) is 3.49. The lowest BCUT2D eigenvalue weighted by atomic mass is 10.1. The van der Waals surface area contributed by atoms with E-state index in [1.807, 2.05) is 35.8 Å². The highest BCUT2D eigenvalue weighted by atomic mass is 16.5. The van der Waals surface area contributed by atoms with E-state index in [4.69, 9.17) is 4.74 Å². The molecule has 124 valence electrons. The molecule has 1 fully saturated rings. The molecule has 23 heavy (non-hydrogen) atoms. The Hall–Kier alpha value is -2.04. The number of carbonyl (C=O) groups excluding carboxylic acids is 2. The Morgan fingerprint density at radius 2 is 1.83 bits per heavy atom. The summed E-state index contributed by atoms with van der Waals surface area (Å²) < 4.78 is 5.50. The number of hydrogen-bond acceptors (Lipinski definition) is 3. The van der Waals surface area contributed by atoms with E-state index in [2.05, 4.69) is 6.07 Å². The first kappa shape index (κ1) is 15.8. The van der Waals surface area contributed by atoms with Crippen LogP contribution in [0.3, 0.4) is 0 Å². The van der Waals surface area contributed by atoms with E-state index in [9.17, 15) is 9.59 Å². The standard InChI is InChI=1S/C18H24N2O3/c1-13(2)18(22)20-8-6-19(7-9-20)17(21)12-14-3-4-16-15(11-14)5-10-23-16/h3-4,11,13H,5-10,12H2,1-2H3. The topological polar surface area (TPSA) is 49.9 Å². The van der Waals surface area contributed by atoms with Crippen molar-refractivity contribution in [1.82, 2.24) is 9.80 Å². The molecule has 1 aromatic carbocycles. The lowest BCUT2D eigenvalue weighted by Gasteiger charge is -2.35. The number of piperazine rings is 1. The first-order valence-corrected chi connectivity index (χ1v) is 8.36. The Morgan fingerprint density at radius 3 is 2.52 bits per heavy atom. The molecular weight excluding hydrogens is 292 g/mol. The predicted molar refractivity (Wildman–Crippen MR) is 87.3 cm³/mol. The largest absolute Gasteiger partial charge is 0.493 e. The van der Waals surface area contributed by atoms with E-state index >= 15 is 0 Å². The second-order valence-electron chi connectivity index (χ2n) is 6.58. The van der Waals surface area contributed by atoms with Crippen LogP contribution in [0.4, 0.5) is 0 Å². The maximum absolute atomic E-state index is 12.5. The number of ether oxygens (including phenoxy) is 1. The average Bonchev–Trinajstić information content (AvgIpc) is 3.01. The highest BCUT2D eigenvalue weighted by molar-refractivity contribution is 5.80. The summed E-state index contributed by atoms with van der Waals surface area (Å²) in [5.41, 5.74) is 2.24. The molecule has 0 saturated carbocycles. The average molecular weight is 316 g/mol. The minimum atomic E-state index is 0.0193. The van der Waals surface area contributed by atoms with Crippen LogP contribution in [0.1, 0.15) is 25.0 Å². The van der Waals surface area contributed by atoms with Crippen LogP contribution < -0.4 is 4.74 Å². The predicted octanol–water partition coefficient (Wildman–Crippen LogP) is 1.49. The Kier molecular flexibility index (Phi) is 4.55. The van der Waals surface area contributed by atoms with E-state index in [1.165, 1.54) is 5.56 Å². The molecule has 0 aromatic heterocycles. The van der Waals surface area contributed by atoms with Gasteiger partial charge < -0.3 is 14.5 Å². The quantitative estimate of drug-likeness (QED) is 0.849. The molecule has 0 aliphatic carbocycles. The summed E-state index contributed by atoms with van der Waals surface area (Å²) in [7, 11) is 0. The van der Waals surface area contributed by atoms with Crippen LogP contribution in [0.25, 0.3) is 0 Å². The minimum Gasteiger partial charge on any atom is -0.493 e. The number of benzene rings is 1. The van der Waals surface area contributed by atoms with Gasteiger partial charge >= 0.3 is 0 Å². The van der Waals surface area contributed by atoms with Crippen LogP contribution >= 0.6 is 0 Å². The molecule has 0 atom stereocenters. The van der Waals surface area contributed by atoms with Gasteiger partial charge in [0.2, 0.25) is 11.8 Å². The lowest BCUT2D eigenvalue weighted by molar-refractivity contribution is -0.141. The van der Waals surface area contributed by atoms with Gasteiger partial charge in [0, 0.05) is 38.5 Å². The molecule has 2 heterocycles. The zero-order valence-corrected chi connectivity index (χ0v) is 13.9. The van der Waals surface area contributed by atoms with Gasteiger partial charge in [0.15, 0.2) is 0 Å². The smallest absolute Gasteiger partial charge is 0.227 e. The van der Waals surface area contributed by atoms with Gasteiger partial charge in [0.25, 0.3) is 0 Å². The highest BCUT2D eigenvalue weighted by Crippen LogP contribution is 2.26. The molecule has 3 rings (SSSR count). The van der Waals surface area contributed by atoms with Crippen molar-refractivity contribution >= 4 is 11.8 Å². The lowest BCUT2D eigenvalue weighted by Crippen LogP contribution is -2.51. The molecule has 0 bridgehead atoms. The number of hydrogen-bond donors (Lipinski definition) is 0. The highest BCUT2D eigenvalue weighted by Gasteiger charge is 2.25. The molecule has 2 aliphatic heterocycles. The SMILES string of the molecule is CC(C)C(=O)N1CCN(C(=O)Cc2ccc3c(c2)CCO3)CC1. The van der Waals surface area contributed by atoms with Gasteiger partial charge in [-0.25, -0.2) is 0 Å². The number of amides is 2. The summed E-state index contributed by atoms with van der Waals surface area (Å²) in [6.07, 6.45) is 1.35. The van der Waals surface area contributed by atoms with Crippen LogP contribution in [0.15, 0.2) is 18.2 Å². The molecule has 1 aromatic rings. The second-order valence-corrected chi connectivity index (χ2v) is 6.58. The van der Waals surface area contributed by atoms with Gasteiger partial charge in [-0.1, -0.05) is 26.0 Å². The molecule has 0 spiro atoms. The Balaban J connectivity index is 1.55. The molecule has 5 heteroatoms. The van der Waals surface area contributed by atoms with Gasteiger partial charge in [-0.2, -0.15) is 0 Å². The number of fused-ring (bicyclic) bond motifs is 1. The van der Waals surface area contributed by atoms with Crippen molar-refractivity contribution in [3.8, 4) is 5.75 Å². The summed E-state index contributed by atoms with van der Waals surface area (Å²) in [5.74, 6) is 1.28. The van der Waals surface area contributed by atoms with Crippen LogP contribution in [-0.4, -0.2) is 54.4 Å². The molecule has 0 radical (unpaired) electrons. The summed E-state index contributed by atoms with van der Waals surface area (Å²) >= 11 is 0. The summed E-state index contributed by atoms with van der Waals surface area (Å²) in [6.45, 7) is 7.10. The van der Waals surface area contributed by atoms with Crippen LogP contribution in [-0.2, 0) is 22.4 Å². The molecule has 2 amide bonds. The zero-order chi connectivity index (χ0) is 16.4. The van der Waals surface area contributed by atoms with Gasteiger partial charge in [0.1, 0.15) is 5.75 Å². The molecule has 0 unspecified atom stereocenters. The fourth-order valence-electron chi connectivity index (χ4n) is 3.18. The summed E-state index contributed by atoms with van der Waals surface area (Å²) in [5, 5.41) is 0. The van der Waals surface area contributed by atoms with Gasteiger partial charge in [0.05, 0.1) is 13.0 Å². The minimum absolute atomic E-state index is 0.0193. The Bertz CT molecular complexity index is 604. The first-order valence-electron chi connectivity index (χ1n) is 8.36. The maximum Gasteiger partial charge on any atom is 0.227 e. The van der Waals surface area contributed by atoms with E-state index < -0.39 is 0 Å². The van der Waals surface area contributed by atoms with E-state index in [1.54, 1.807) is 0 Å². The van der Waals surface area contributed by atoms with Crippen LogP contribution in [0.2, 0.25) is 0 Å². The van der Waals surface area contributed by atoms with E-state index in [0.717, 1.165) is 24.3 Å². The van der Waals surface area contributed by atoms with Crippen molar-refractivity contribution in [3.63, 3.8) is 0 Å². The van der Waals surface area contributed by atoms with Gasteiger partial charge in [-0.05, 0) is 17.2 Å². The normalized spacial score (nSPS) is 17.2. The summed E-state index contributed by atoms with van der Waals surface area (Å²) in [6, 6.07) is 6.02. The van der Waals surface area contributed by atoms with E-state index in [0.29, 0.717) is 32.6 Å². The number of carbonyl (C=O) groups is 2. The Labute approximate surface area is 137 Å². The molecule has 0 N–H and O–H groups in total. The molecular formula is C18H24N2O3. The second kappa shape index (κ2) is 6.60. The third-order valence-corrected chi connectivity index (χ3v) is 4.55. The van der Waals surface area contributed by atoms with Gasteiger partial charge in [-0.3, -0.25) is 9.59 Å². The number of rotatable bonds is 3. The van der Waals surface area contributed by atoms with E-state index in [-0.39, 0.29) is 17.7 Å². The fraction of sp³-hybridized carbons (Fsp3) is 0.556. The number of nitrogens with zero attached hydrogens (tertiary/aromatic N) is 2. The third-order valence-electron chi connectivity index (χ3n) is 4.55. The molecule has 2 aliphatic rings. The van der Waals surface area contributed by atoms with Crippen molar-refractivity contribution in [3.05, 3.63) is 29.3 Å². The molecule has 1 saturated heterocycles. The van der Waals surface area contributed by atoms with Crippen molar-refractivity contribution in [2.24, 2.45) is 5.92 Å². The van der Waals surface area contributed by atoms with Crippen molar-refractivity contribution < 1.29 is 14.3 Å². The van der Waals surface area contributed by atoms with Crippen LogP contribution in [0, 0.1) is 5.92 Å². The monoisotopic (exact) mass is 316 g/mol. The Morgan fingerprint density at radius 1 is 1.13 bits per heavy atom. The first-order chi connectivity index (χ1) is 11.0. The van der Waals surface area contributed by atoms with Crippen molar-refractivity contribution in [2.45, 2.75) is 26.7 Å². The van der Waals surface area contributed by atoms with Crippen molar-refractivity contribution in [2.75, 3.05) is 32.8 Å². The zero-order valence-electron chi connectivity index (χ0n) is 13.9. The van der Waals surface area contributed by atoms with Gasteiger partial charge in [-0.15, -0.1) is 0 Å².